The molecule has 2 aromatic heterocycles. The van der Waals surface area contributed by atoms with Crippen molar-refractivity contribution in [2.24, 2.45) is 0 Å². The molecule has 1 N–H and O–H groups in total. The molecule has 0 saturated carbocycles. The Kier molecular flexibility index (Phi) is 9.11. The molecule has 0 fully saturated rings. The summed E-state index contributed by atoms with van der Waals surface area (Å²) in [6, 6.07) is 8.90. The quantitative estimate of drug-likeness (QED) is 0.238. The molecule has 0 atom stereocenters. The predicted molar refractivity (Wildman–Crippen MR) is 168 cm³/mol. The van der Waals surface area contributed by atoms with Crippen LogP contribution in [0.15, 0.2) is 49.2 Å². The fourth-order valence-corrected chi connectivity index (χ4v) is 4.89. The number of nitrogens with one attached hydrogen (secondary N) is 1. The lowest BCUT2D eigenvalue weighted by molar-refractivity contribution is -0.113. The van der Waals surface area contributed by atoms with Crippen molar-refractivity contribution < 1.29 is 13.9 Å². The van der Waals surface area contributed by atoms with E-state index in [2.05, 4.69) is 36.6 Å². The number of amides is 1. The summed E-state index contributed by atoms with van der Waals surface area (Å²) < 4.78 is 22.9. The Morgan fingerprint density at radius 2 is 1.86 bits per heavy atom. The molecule has 222 valence electrons. The topological polar surface area (TPSA) is 91.6 Å². The van der Waals surface area contributed by atoms with Gasteiger partial charge < -0.3 is 29.3 Å². The number of aryl methyl sites for hydroxylation is 1. The number of hydrogen-bond acceptors (Lipinski definition) is 8. The number of rotatable bonds is 11. The zero-order chi connectivity index (χ0) is 30.7. The lowest BCUT2D eigenvalue weighted by Crippen LogP contribution is -2.31. The van der Waals surface area contributed by atoms with Crippen molar-refractivity contribution in [3.8, 4) is 17.0 Å². The molecule has 1 amide bonds. The van der Waals surface area contributed by atoms with Crippen molar-refractivity contribution in [2.45, 2.75) is 26.8 Å². The first-order valence-corrected chi connectivity index (χ1v) is 13.7. The third-order valence-electron chi connectivity index (χ3n) is 7.10. The van der Waals surface area contributed by atoms with E-state index in [9.17, 15) is 4.79 Å². The summed E-state index contributed by atoms with van der Waals surface area (Å²) >= 11 is 0. The Balaban J connectivity index is 1.76. The van der Waals surface area contributed by atoms with E-state index in [-0.39, 0.29) is 17.9 Å². The van der Waals surface area contributed by atoms with Crippen LogP contribution in [0.5, 0.6) is 5.75 Å². The summed E-state index contributed by atoms with van der Waals surface area (Å²) in [7, 11) is 9.27. The zero-order valence-electron chi connectivity index (χ0n) is 25.6. The van der Waals surface area contributed by atoms with Gasteiger partial charge in [-0.2, -0.15) is 0 Å². The van der Waals surface area contributed by atoms with Gasteiger partial charge in [0.2, 0.25) is 11.9 Å². The predicted octanol–water partition coefficient (Wildman–Crippen LogP) is 5.42. The first-order valence-electron chi connectivity index (χ1n) is 13.7. The molecule has 0 spiro atoms. The average Bonchev–Trinajstić information content (AvgIpc) is 3.31. The largest absolute Gasteiger partial charge is 0.494 e. The number of methoxy groups -OCH3 is 1. The molecule has 0 saturated heterocycles. The molecule has 11 heteroatoms. The molecular weight excluding hydrogens is 535 g/mol. The SMILES string of the molecule is C=CC(=O)N(C)c1cc(Nc2nccc(-c3cc(F)c4nc(C)n(C(C)C)c4c3)n2)c(OC)cc1N(C)CCN(C)C. The van der Waals surface area contributed by atoms with Gasteiger partial charge in [-0.1, -0.05) is 6.58 Å². The van der Waals surface area contributed by atoms with Crippen molar-refractivity contribution >= 4 is 40.0 Å². The van der Waals surface area contributed by atoms with Gasteiger partial charge in [0.15, 0.2) is 5.82 Å². The van der Waals surface area contributed by atoms with Gasteiger partial charge in [0, 0.05) is 51.1 Å². The first-order chi connectivity index (χ1) is 19.9. The second kappa shape index (κ2) is 12.6. The molecule has 4 rings (SSSR count). The lowest BCUT2D eigenvalue weighted by atomic mass is 10.1. The highest BCUT2D eigenvalue weighted by Crippen LogP contribution is 2.39. The molecule has 42 heavy (non-hydrogen) atoms. The van der Waals surface area contributed by atoms with Crippen molar-refractivity contribution in [1.82, 2.24) is 24.4 Å². The Morgan fingerprint density at radius 1 is 1.12 bits per heavy atom. The van der Waals surface area contributed by atoms with Crippen molar-refractivity contribution in [1.29, 1.82) is 0 Å². The van der Waals surface area contributed by atoms with Crippen molar-refractivity contribution in [3.05, 3.63) is 60.8 Å². The van der Waals surface area contributed by atoms with Crippen LogP contribution in [0.2, 0.25) is 0 Å². The molecule has 2 aromatic carbocycles. The van der Waals surface area contributed by atoms with Gasteiger partial charge in [0.1, 0.15) is 17.1 Å². The summed E-state index contributed by atoms with van der Waals surface area (Å²) in [4.78, 5) is 31.9. The molecular formula is C31H39FN8O2. The summed E-state index contributed by atoms with van der Waals surface area (Å²) in [5.74, 6) is 0.924. The minimum atomic E-state index is -0.409. The van der Waals surface area contributed by atoms with E-state index in [0.717, 1.165) is 24.6 Å². The Labute approximate surface area is 246 Å². The van der Waals surface area contributed by atoms with E-state index in [1.807, 2.05) is 64.7 Å². The summed E-state index contributed by atoms with van der Waals surface area (Å²) in [5.41, 5.74) is 4.23. The van der Waals surface area contributed by atoms with E-state index < -0.39 is 5.82 Å². The van der Waals surface area contributed by atoms with Crippen LogP contribution in [0.4, 0.5) is 27.4 Å². The van der Waals surface area contributed by atoms with Crippen LogP contribution >= 0.6 is 0 Å². The molecule has 0 aliphatic heterocycles. The van der Waals surface area contributed by atoms with Gasteiger partial charge in [-0.05, 0) is 65.2 Å². The Hall–Kier alpha value is -4.51. The monoisotopic (exact) mass is 574 g/mol. The van der Waals surface area contributed by atoms with Crippen molar-refractivity contribution in [3.63, 3.8) is 0 Å². The number of aromatic nitrogens is 4. The number of halogens is 1. The lowest BCUT2D eigenvalue weighted by Gasteiger charge is -2.29. The molecule has 0 aliphatic carbocycles. The fourth-order valence-electron chi connectivity index (χ4n) is 4.89. The molecule has 0 unspecified atom stereocenters. The molecule has 10 nitrogen and oxygen atoms in total. The van der Waals surface area contributed by atoms with E-state index in [1.165, 1.54) is 17.0 Å². The van der Waals surface area contributed by atoms with Gasteiger partial charge in [-0.25, -0.2) is 19.3 Å². The second-order valence-corrected chi connectivity index (χ2v) is 10.7. The van der Waals surface area contributed by atoms with E-state index in [4.69, 9.17) is 4.74 Å². The zero-order valence-corrected chi connectivity index (χ0v) is 25.6. The number of anilines is 4. The Bertz CT molecular complexity index is 1610. The van der Waals surface area contributed by atoms with Crippen molar-refractivity contribution in [2.75, 3.05) is 63.5 Å². The molecule has 4 aromatic rings. The highest BCUT2D eigenvalue weighted by molar-refractivity contribution is 6.03. The van der Waals surface area contributed by atoms with E-state index >= 15 is 4.39 Å². The van der Waals surface area contributed by atoms with Gasteiger partial charge in [0.25, 0.3) is 0 Å². The van der Waals surface area contributed by atoms with Crippen LogP contribution in [0, 0.1) is 12.7 Å². The second-order valence-electron chi connectivity index (χ2n) is 10.7. The van der Waals surface area contributed by atoms with Crippen LogP contribution in [0.25, 0.3) is 22.3 Å². The molecule has 0 bridgehead atoms. The van der Waals surface area contributed by atoms with Gasteiger partial charge in [-0.15, -0.1) is 0 Å². The van der Waals surface area contributed by atoms with E-state index in [1.54, 1.807) is 26.4 Å². The maximum atomic E-state index is 15.2. The summed E-state index contributed by atoms with van der Waals surface area (Å²) in [5, 5.41) is 3.24. The minimum Gasteiger partial charge on any atom is -0.494 e. The molecule has 2 heterocycles. The third-order valence-corrected chi connectivity index (χ3v) is 7.10. The number of carbonyl (C=O) groups is 1. The number of fused-ring (bicyclic) bond motifs is 1. The summed E-state index contributed by atoms with van der Waals surface area (Å²) in [6.07, 6.45) is 2.89. The maximum absolute atomic E-state index is 15.2. The van der Waals surface area contributed by atoms with Crippen LogP contribution in [0.1, 0.15) is 25.7 Å². The molecule has 0 aliphatic rings. The first kappa shape index (κ1) is 30.4. The van der Waals surface area contributed by atoms with Crippen LogP contribution < -0.4 is 19.9 Å². The van der Waals surface area contributed by atoms with Gasteiger partial charge >= 0.3 is 0 Å². The molecule has 0 radical (unpaired) electrons. The Morgan fingerprint density at radius 3 is 2.50 bits per heavy atom. The van der Waals surface area contributed by atoms with E-state index in [0.29, 0.717) is 39.4 Å². The number of benzene rings is 2. The number of likely N-dealkylation sites (N-methyl/N-ethyl adjacent to an activating group) is 3. The van der Waals surface area contributed by atoms with Crippen LogP contribution in [-0.2, 0) is 4.79 Å². The fraction of sp³-hybridized carbons (Fsp3) is 0.355. The third kappa shape index (κ3) is 6.20. The standard InChI is InChI=1S/C31H39FN8O2/c1-10-29(41)39(8)26-17-24(28(42-9)18-25(26)38(7)14-13-37(5)6)36-31-33-12-11-23(35-31)21-15-22(32)30-27(16-21)40(19(2)3)20(4)34-30/h10-12,15-19H,1,13-14H2,2-9H3,(H,33,35,36). The minimum absolute atomic E-state index is 0.116. The average molecular weight is 575 g/mol. The highest BCUT2D eigenvalue weighted by Gasteiger charge is 2.21. The number of hydrogen-bond donors (Lipinski definition) is 1. The number of carbonyl (C=O) groups excluding carboxylic acids is 1. The number of ether oxygens (including phenoxy) is 1. The highest BCUT2D eigenvalue weighted by atomic mass is 19.1. The van der Waals surface area contributed by atoms with Crippen LogP contribution in [0.3, 0.4) is 0 Å². The van der Waals surface area contributed by atoms with Gasteiger partial charge in [-0.3, -0.25) is 4.79 Å². The normalized spacial score (nSPS) is 11.3. The van der Waals surface area contributed by atoms with Gasteiger partial charge in [0.05, 0.1) is 35.4 Å². The van der Waals surface area contributed by atoms with Crippen LogP contribution in [-0.4, -0.2) is 78.7 Å². The smallest absolute Gasteiger partial charge is 0.250 e. The maximum Gasteiger partial charge on any atom is 0.250 e. The number of imidazole rings is 1. The summed E-state index contributed by atoms with van der Waals surface area (Å²) in [6.45, 7) is 11.1. The number of nitrogens with zero attached hydrogens (tertiary/aromatic N) is 7.